The molecule has 0 saturated carbocycles. The molecule has 1 amide bonds. The van der Waals surface area contributed by atoms with Crippen LogP contribution in [-0.2, 0) is 9.53 Å². The molecule has 1 heterocycles. The standard InChI is InChI=1S/C20H21NO2/c1-16(20(22)21-12-14-23-15-13-21)19(17-8-4-2-5-9-17)18-10-6-3-7-11-18/h2-11H,12-15H2,1H3. The number of carbonyl (C=O) groups excluding carboxylic acids is 1. The second-order valence-corrected chi connectivity index (χ2v) is 5.64. The van der Waals surface area contributed by atoms with Crippen LogP contribution in [0.2, 0.25) is 0 Å². The molecule has 0 atom stereocenters. The summed E-state index contributed by atoms with van der Waals surface area (Å²) < 4.78 is 5.35. The monoisotopic (exact) mass is 307 g/mol. The summed E-state index contributed by atoms with van der Waals surface area (Å²) in [5, 5.41) is 0. The number of nitrogens with zero attached hydrogens (tertiary/aromatic N) is 1. The molecule has 1 saturated heterocycles. The van der Waals surface area contributed by atoms with E-state index in [9.17, 15) is 4.79 Å². The Morgan fingerprint density at radius 3 is 1.83 bits per heavy atom. The van der Waals surface area contributed by atoms with Gasteiger partial charge in [-0.2, -0.15) is 0 Å². The highest BCUT2D eigenvalue weighted by atomic mass is 16.5. The molecule has 1 aliphatic rings. The lowest BCUT2D eigenvalue weighted by Crippen LogP contribution is -2.41. The predicted molar refractivity (Wildman–Crippen MR) is 92.0 cm³/mol. The Kier molecular flexibility index (Phi) is 4.89. The van der Waals surface area contributed by atoms with Crippen molar-refractivity contribution >= 4 is 11.5 Å². The van der Waals surface area contributed by atoms with Gasteiger partial charge in [-0.15, -0.1) is 0 Å². The Hall–Kier alpha value is -2.39. The lowest BCUT2D eigenvalue weighted by Gasteiger charge is -2.28. The summed E-state index contributed by atoms with van der Waals surface area (Å²) in [7, 11) is 0. The molecule has 118 valence electrons. The molecule has 0 aromatic heterocycles. The second-order valence-electron chi connectivity index (χ2n) is 5.64. The van der Waals surface area contributed by atoms with Crippen LogP contribution < -0.4 is 0 Å². The molecule has 0 aliphatic carbocycles. The van der Waals surface area contributed by atoms with Crippen molar-refractivity contribution in [3.8, 4) is 0 Å². The maximum Gasteiger partial charge on any atom is 0.250 e. The van der Waals surface area contributed by atoms with Gasteiger partial charge in [-0.05, 0) is 23.6 Å². The molecule has 0 N–H and O–H groups in total. The fourth-order valence-electron chi connectivity index (χ4n) is 2.92. The summed E-state index contributed by atoms with van der Waals surface area (Å²) in [6, 6.07) is 20.2. The van der Waals surface area contributed by atoms with Crippen LogP contribution >= 0.6 is 0 Å². The Labute approximate surface area is 137 Å². The fraction of sp³-hybridized carbons (Fsp3) is 0.250. The van der Waals surface area contributed by atoms with Gasteiger partial charge >= 0.3 is 0 Å². The van der Waals surface area contributed by atoms with Crippen LogP contribution in [0.1, 0.15) is 18.1 Å². The summed E-state index contributed by atoms with van der Waals surface area (Å²) in [6.07, 6.45) is 0. The highest BCUT2D eigenvalue weighted by Gasteiger charge is 2.21. The van der Waals surface area contributed by atoms with Gasteiger partial charge in [0.05, 0.1) is 13.2 Å². The zero-order valence-corrected chi connectivity index (χ0v) is 13.4. The molecule has 3 rings (SSSR count). The number of hydrogen-bond donors (Lipinski definition) is 0. The number of carbonyl (C=O) groups is 1. The van der Waals surface area contributed by atoms with Crippen molar-refractivity contribution in [3.05, 3.63) is 77.4 Å². The molecule has 0 radical (unpaired) electrons. The number of rotatable bonds is 3. The highest BCUT2D eigenvalue weighted by molar-refractivity contribution is 6.04. The molecule has 1 fully saturated rings. The van der Waals surface area contributed by atoms with Crippen LogP contribution in [0.15, 0.2) is 66.2 Å². The van der Waals surface area contributed by atoms with Crippen molar-refractivity contribution in [1.29, 1.82) is 0 Å². The summed E-state index contributed by atoms with van der Waals surface area (Å²) in [4.78, 5) is 14.8. The first kappa shape index (κ1) is 15.5. The highest BCUT2D eigenvalue weighted by Crippen LogP contribution is 2.27. The van der Waals surface area contributed by atoms with Gasteiger partial charge in [-0.25, -0.2) is 0 Å². The second kappa shape index (κ2) is 7.25. The minimum atomic E-state index is 0.0935. The molecule has 2 aromatic carbocycles. The van der Waals surface area contributed by atoms with Gasteiger partial charge in [0.25, 0.3) is 0 Å². The van der Waals surface area contributed by atoms with Gasteiger partial charge in [0.2, 0.25) is 5.91 Å². The van der Waals surface area contributed by atoms with E-state index in [0.717, 1.165) is 22.3 Å². The maximum absolute atomic E-state index is 12.9. The number of hydrogen-bond acceptors (Lipinski definition) is 2. The van der Waals surface area contributed by atoms with Crippen molar-refractivity contribution in [2.45, 2.75) is 6.92 Å². The normalized spacial score (nSPS) is 14.4. The van der Waals surface area contributed by atoms with Crippen LogP contribution in [0, 0.1) is 0 Å². The number of amides is 1. The molecular formula is C20H21NO2. The molecule has 2 aromatic rings. The number of ether oxygens (including phenoxy) is 1. The zero-order valence-electron chi connectivity index (χ0n) is 13.4. The van der Waals surface area contributed by atoms with E-state index in [1.807, 2.05) is 48.2 Å². The summed E-state index contributed by atoms with van der Waals surface area (Å²) in [6.45, 7) is 4.48. The Morgan fingerprint density at radius 2 is 1.35 bits per heavy atom. The summed E-state index contributed by atoms with van der Waals surface area (Å²) in [5.74, 6) is 0.0935. The molecule has 0 spiro atoms. The third kappa shape index (κ3) is 3.51. The first-order valence-electron chi connectivity index (χ1n) is 7.96. The Morgan fingerprint density at radius 1 is 0.870 bits per heavy atom. The quantitative estimate of drug-likeness (QED) is 0.814. The molecule has 0 bridgehead atoms. The molecule has 3 heteroatoms. The first-order valence-corrected chi connectivity index (χ1v) is 7.96. The van der Waals surface area contributed by atoms with Crippen molar-refractivity contribution in [2.75, 3.05) is 26.3 Å². The third-order valence-corrected chi connectivity index (χ3v) is 4.12. The lowest BCUT2D eigenvalue weighted by molar-refractivity contribution is -0.131. The van der Waals surface area contributed by atoms with Crippen molar-refractivity contribution in [1.82, 2.24) is 4.90 Å². The van der Waals surface area contributed by atoms with Crippen molar-refractivity contribution < 1.29 is 9.53 Å². The lowest BCUT2D eigenvalue weighted by atomic mass is 9.93. The van der Waals surface area contributed by atoms with Crippen LogP contribution in [-0.4, -0.2) is 37.1 Å². The summed E-state index contributed by atoms with van der Waals surface area (Å²) in [5.41, 5.74) is 3.92. The van der Waals surface area contributed by atoms with E-state index in [0.29, 0.717) is 26.3 Å². The van der Waals surface area contributed by atoms with Crippen molar-refractivity contribution in [3.63, 3.8) is 0 Å². The minimum Gasteiger partial charge on any atom is -0.378 e. The molecule has 0 unspecified atom stereocenters. The topological polar surface area (TPSA) is 29.5 Å². The van der Waals surface area contributed by atoms with Crippen LogP contribution in [0.4, 0.5) is 0 Å². The van der Waals surface area contributed by atoms with E-state index < -0.39 is 0 Å². The molecule has 23 heavy (non-hydrogen) atoms. The molecular weight excluding hydrogens is 286 g/mol. The smallest absolute Gasteiger partial charge is 0.250 e. The SMILES string of the molecule is CC(C(=O)N1CCOCC1)=C(c1ccccc1)c1ccccc1. The summed E-state index contributed by atoms with van der Waals surface area (Å²) >= 11 is 0. The predicted octanol–water partition coefficient (Wildman–Crippen LogP) is 3.37. The van der Waals surface area contributed by atoms with Gasteiger partial charge in [0, 0.05) is 18.7 Å². The average molecular weight is 307 g/mol. The average Bonchev–Trinajstić information content (AvgIpc) is 2.64. The Balaban J connectivity index is 2.04. The van der Waals surface area contributed by atoms with E-state index in [4.69, 9.17) is 4.74 Å². The first-order chi connectivity index (χ1) is 11.3. The largest absolute Gasteiger partial charge is 0.378 e. The zero-order chi connectivity index (χ0) is 16.1. The number of benzene rings is 2. The fourth-order valence-corrected chi connectivity index (χ4v) is 2.92. The van der Waals surface area contributed by atoms with E-state index in [-0.39, 0.29) is 5.91 Å². The van der Waals surface area contributed by atoms with E-state index in [2.05, 4.69) is 24.3 Å². The minimum absolute atomic E-state index is 0.0935. The van der Waals surface area contributed by atoms with Crippen LogP contribution in [0.3, 0.4) is 0 Å². The van der Waals surface area contributed by atoms with Crippen LogP contribution in [0.5, 0.6) is 0 Å². The van der Waals surface area contributed by atoms with Gasteiger partial charge in [-0.1, -0.05) is 60.7 Å². The van der Waals surface area contributed by atoms with Gasteiger partial charge in [0.15, 0.2) is 0 Å². The van der Waals surface area contributed by atoms with Gasteiger partial charge < -0.3 is 9.64 Å². The van der Waals surface area contributed by atoms with E-state index in [1.54, 1.807) is 0 Å². The molecule has 1 aliphatic heterocycles. The number of morpholine rings is 1. The van der Waals surface area contributed by atoms with Gasteiger partial charge in [0.1, 0.15) is 0 Å². The van der Waals surface area contributed by atoms with E-state index >= 15 is 0 Å². The Bertz CT molecular complexity index is 645. The maximum atomic E-state index is 12.9. The van der Waals surface area contributed by atoms with Gasteiger partial charge in [-0.3, -0.25) is 4.79 Å². The molecule has 3 nitrogen and oxygen atoms in total. The third-order valence-electron chi connectivity index (χ3n) is 4.12. The van der Waals surface area contributed by atoms with Crippen molar-refractivity contribution in [2.24, 2.45) is 0 Å². The van der Waals surface area contributed by atoms with E-state index in [1.165, 1.54) is 0 Å². The van der Waals surface area contributed by atoms with Crippen LogP contribution in [0.25, 0.3) is 5.57 Å².